The van der Waals surface area contributed by atoms with Gasteiger partial charge in [-0.25, -0.2) is 4.98 Å². The van der Waals surface area contributed by atoms with Gasteiger partial charge in [0.05, 0.1) is 6.54 Å². The molecular weight excluding hydrogens is 310 g/mol. The summed E-state index contributed by atoms with van der Waals surface area (Å²) in [6.07, 6.45) is 7.06. The van der Waals surface area contributed by atoms with Gasteiger partial charge in [-0.2, -0.15) is 0 Å². The van der Waals surface area contributed by atoms with E-state index in [4.69, 9.17) is 0 Å². The Morgan fingerprint density at radius 1 is 1.12 bits per heavy atom. The van der Waals surface area contributed by atoms with Crippen LogP contribution in [0, 0.1) is 0 Å². The van der Waals surface area contributed by atoms with Gasteiger partial charge >= 0.3 is 0 Å². The van der Waals surface area contributed by atoms with Gasteiger partial charge in [0.1, 0.15) is 5.82 Å². The van der Waals surface area contributed by atoms with E-state index in [1.54, 1.807) is 24.2 Å². The van der Waals surface area contributed by atoms with Gasteiger partial charge in [0.15, 0.2) is 0 Å². The second-order valence-electron chi connectivity index (χ2n) is 5.97. The van der Waals surface area contributed by atoms with Gasteiger partial charge in [-0.15, -0.1) is 0 Å². The maximum absolute atomic E-state index is 12.3. The average Bonchev–Trinajstić information content (AvgIpc) is 3.05. The fraction of sp³-hybridized carbons (Fsp3) is 0.143. The number of imidazole rings is 1. The molecule has 0 bridgehead atoms. The van der Waals surface area contributed by atoms with E-state index in [9.17, 15) is 4.79 Å². The topological polar surface area (TPSA) is 38.1 Å². The molecule has 126 valence electrons. The SMILES string of the molecule is CN(Cc1nccn1C)C(=O)/C=C/c1cccc(-c2ccccc2)c1. The minimum Gasteiger partial charge on any atom is -0.337 e. The Hall–Kier alpha value is -3.14. The highest BCUT2D eigenvalue weighted by Gasteiger charge is 2.08. The summed E-state index contributed by atoms with van der Waals surface area (Å²) in [5.74, 6) is 0.809. The van der Waals surface area contributed by atoms with Crippen molar-refractivity contribution in [1.82, 2.24) is 14.5 Å². The number of amides is 1. The molecule has 0 atom stereocenters. The molecule has 0 fully saturated rings. The largest absolute Gasteiger partial charge is 0.337 e. The first kappa shape index (κ1) is 16.7. The number of aryl methyl sites for hydroxylation is 1. The minimum absolute atomic E-state index is 0.0480. The molecule has 1 heterocycles. The lowest BCUT2D eigenvalue weighted by Crippen LogP contribution is -2.25. The predicted molar refractivity (Wildman–Crippen MR) is 101 cm³/mol. The number of nitrogens with zero attached hydrogens (tertiary/aromatic N) is 3. The average molecular weight is 331 g/mol. The smallest absolute Gasteiger partial charge is 0.246 e. The van der Waals surface area contributed by atoms with Crippen molar-refractivity contribution in [3.63, 3.8) is 0 Å². The maximum Gasteiger partial charge on any atom is 0.246 e. The molecule has 0 spiro atoms. The number of hydrogen-bond donors (Lipinski definition) is 0. The first-order chi connectivity index (χ1) is 12.1. The second kappa shape index (κ2) is 7.62. The minimum atomic E-state index is -0.0480. The molecule has 0 saturated heterocycles. The van der Waals surface area contributed by atoms with E-state index in [0.717, 1.165) is 22.5 Å². The Kier molecular flexibility index (Phi) is 5.09. The van der Waals surface area contributed by atoms with Crippen molar-refractivity contribution >= 4 is 12.0 Å². The van der Waals surface area contributed by atoms with Crippen molar-refractivity contribution in [2.24, 2.45) is 7.05 Å². The molecule has 2 aromatic carbocycles. The van der Waals surface area contributed by atoms with Crippen LogP contribution in [0.4, 0.5) is 0 Å². The third-order valence-corrected chi connectivity index (χ3v) is 4.09. The van der Waals surface area contributed by atoms with Gasteiger partial charge in [0.2, 0.25) is 5.91 Å². The van der Waals surface area contributed by atoms with Crippen LogP contribution in [0.5, 0.6) is 0 Å². The molecule has 0 N–H and O–H groups in total. The zero-order valence-corrected chi connectivity index (χ0v) is 14.5. The first-order valence-corrected chi connectivity index (χ1v) is 8.18. The molecule has 4 nitrogen and oxygen atoms in total. The van der Waals surface area contributed by atoms with Crippen molar-refractivity contribution in [3.8, 4) is 11.1 Å². The number of rotatable bonds is 5. The third kappa shape index (κ3) is 4.23. The Balaban J connectivity index is 1.69. The van der Waals surface area contributed by atoms with Crippen LogP contribution in [0.25, 0.3) is 17.2 Å². The van der Waals surface area contributed by atoms with E-state index in [1.807, 2.05) is 54.2 Å². The van der Waals surface area contributed by atoms with Gasteiger partial charge in [-0.1, -0.05) is 48.5 Å². The number of aromatic nitrogens is 2. The number of carbonyl (C=O) groups is 1. The predicted octanol–water partition coefficient (Wildman–Crippen LogP) is 3.76. The third-order valence-electron chi connectivity index (χ3n) is 4.09. The summed E-state index contributed by atoms with van der Waals surface area (Å²) in [5.41, 5.74) is 3.30. The Morgan fingerprint density at radius 2 is 1.88 bits per heavy atom. The molecule has 0 saturated carbocycles. The second-order valence-corrected chi connectivity index (χ2v) is 5.97. The van der Waals surface area contributed by atoms with Gasteiger partial charge in [0.25, 0.3) is 0 Å². The number of benzene rings is 2. The normalized spacial score (nSPS) is 11.0. The summed E-state index contributed by atoms with van der Waals surface area (Å²) in [6, 6.07) is 18.4. The maximum atomic E-state index is 12.3. The number of likely N-dealkylation sites (N-methyl/N-ethyl adjacent to an activating group) is 1. The lowest BCUT2D eigenvalue weighted by Gasteiger charge is -2.14. The van der Waals surface area contributed by atoms with Crippen LogP contribution in [0.15, 0.2) is 73.1 Å². The van der Waals surface area contributed by atoms with Crippen molar-refractivity contribution in [3.05, 3.63) is 84.5 Å². The van der Waals surface area contributed by atoms with E-state index in [1.165, 1.54) is 0 Å². The van der Waals surface area contributed by atoms with E-state index in [-0.39, 0.29) is 5.91 Å². The molecule has 3 rings (SSSR count). The molecule has 1 aromatic heterocycles. The molecule has 3 aromatic rings. The summed E-state index contributed by atoms with van der Waals surface area (Å²) in [5, 5.41) is 0. The molecule has 0 aliphatic heterocycles. The molecule has 4 heteroatoms. The highest BCUT2D eigenvalue weighted by molar-refractivity contribution is 5.91. The summed E-state index contributed by atoms with van der Waals surface area (Å²) >= 11 is 0. The van der Waals surface area contributed by atoms with Crippen LogP contribution in [0.1, 0.15) is 11.4 Å². The number of carbonyl (C=O) groups excluding carboxylic acids is 1. The van der Waals surface area contributed by atoms with Gasteiger partial charge in [0, 0.05) is 32.6 Å². The highest BCUT2D eigenvalue weighted by Crippen LogP contribution is 2.20. The molecule has 0 aliphatic rings. The Labute approximate surface area is 148 Å². The van der Waals surface area contributed by atoms with Crippen LogP contribution >= 0.6 is 0 Å². The highest BCUT2D eigenvalue weighted by atomic mass is 16.2. The van der Waals surface area contributed by atoms with Gasteiger partial charge in [-0.05, 0) is 28.8 Å². The quantitative estimate of drug-likeness (QED) is 0.668. The van der Waals surface area contributed by atoms with Crippen LogP contribution in [0.3, 0.4) is 0 Å². The molecule has 0 radical (unpaired) electrons. The summed E-state index contributed by atoms with van der Waals surface area (Å²) < 4.78 is 1.91. The molecule has 0 unspecified atom stereocenters. The van der Waals surface area contributed by atoms with Crippen LogP contribution in [-0.4, -0.2) is 27.4 Å². The zero-order chi connectivity index (χ0) is 17.6. The van der Waals surface area contributed by atoms with E-state index < -0.39 is 0 Å². The van der Waals surface area contributed by atoms with Crippen molar-refractivity contribution in [2.45, 2.75) is 6.54 Å². The number of hydrogen-bond acceptors (Lipinski definition) is 2. The summed E-state index contributed by atoms with van der Waals surface area (Å²) in [4.78, 5) is 18.2. The molecule has 1 amide bonds. The van der Waals surface area contributed by atoms with E-state index in [2.05, 4.69) is 29.2 Å². The van der Waals surface area contributed by atoms with E-state index >= 15 is 0 Å². The Morgan fingerprint density at radius 3 is 2.60 bits per heavy atom. The lowest BCUT2D eigenvalue weighted by molar-refractivity contribution is -0.125. The Bertz CT molecular complexity index is 881. The monoisotopic (exact) mass is 331 g/mol. The molecule has 0 aliphatic carbocycles. The summed E-state index contributed by atoms with van der Waals surface area (Å²) in [6.45, 7) is 0.483. The molecular formula is C21H21N3O. The molecule has 25 heavy (non-hydrogen) atoms. The lowest BCUT2D eigenvalue weighted by atomic mass is 10.0. The van der Waals surface area contributed by atoms with Crippen LogP contribution < -0.4 is 0 Å². The van der Waals surface area contributed by atoms with E-state index in [0.29, 0.717) is 6.54 Å². The van der Waals surface area contributed by atoms with Crippen molar-refractivity contribution in [1.29, 1.82) is 0 Å². The van der Waals surface area contributed by atoms with Crippen molar-refractivity contribution < 1.29 is 4.79 Å². The first-order valence-electron chi connectivity index (χ1n) is 8.18. The fourth-order valence-corrected chi connectivity index (χ4v) is 2.59. The fourth-order valence-electron chi connectivity index (χ4n) is 2.59. The van der Waals surface area contributed by atoms with Crippen LogP contribution in [0.2, 0.25) is 0 Å². The van der Waals surface area contributed by atoms with Gasteiger partial charge in [-0.3, -0.25) is 4.79 Å². The standard InChI is InChI=1S/C21H21N3O/c1-23-14-13-22-20(23)16-24(2)21(25)12-11-17-7-6-10-19(15-17)18-8-4-3-5-9-18/h3-15H,16H2,1-2H3/b12-11+. The van der Waals surface area contributed by atoms with Crippen LogP contribution in [-0.2, 0) is 18.4 Å². The van der Waals surface area contributed by atoms with Gasteiger partial charge < -0.3 is 9.47 Å². The zero-order valence-electron chi connectivity index (χ0n) is 14.5. The summed E-state index contributed by atoms with van der Waals surface area (Å²) in [7, 11) is 3.70. The van der Waals surface area contributed by atoms with Crippen molar-refractivity contribution in [2.75, 3.05) is 7.05 Å².